The summed E-state index contributed by atoms with van der Waals surface area (Å²) < 4.78 is 0. The van der Waals surface area contributed by atoms with Crippen LogP contribution in [0.2, 0.25) is 5.02 Å². The molecule has 0 saturated heterocycles. The fraction of sp³-hybridized carbons (Fsp3) is 0.100. The van der Waals surface area contributed by atoms with E-state index in [9.17, 15) is 4.79 Å². The highest BCUT2D eigenvalue weighted by Crippen LogP contribution is 2.20. The highest BCUT2D eigenvalue weighted by Gasteiger charge is 2.08. The Kier molecular flexibility index (Phi) is 5.39. The highest BCUT2D eigenvalue weighted by atomic mass is 35.5. The molecule has 0 aliphatic rings. The zero-order chi connectivity index (χ0) is 18.5. The number of rotatable bonds is 5. The summed E-state index contributed by atoms with van der Waals surface area (Å²) in [5.74, 6) is -0.213. The van der Waals surface area contributed by atoms with Gasteiger partial charge in [0.15, 0.2) is 0 Å². The molecule has 132 valence electrons. The Morgan fingerprint density at radius 2 is 1.58 bits per heavy atom. The van der Waals surface area contributed by atoms with Gasteiger partial charge in [-0.3, -0.25) is 9.78 Å². The van der Waals surface area contributed by atoms with Crippen LogP contribution in [0.25, 0.3) is 0 Å². The van der Waals surface area contributed by atoms with E-state index < -0.39 is 0 Å². The van der Waals surface area contributed by atoms with Gasteiger partial charge >= 0.3 is 0 Å². The number of aromatic nitrogens is 1. The maximum atomic E-state index is 12.5. The molecule has 0 aliphatic carbocycles. The quantitative estimate of drug-likeness (QED) is 0.681. The van der Waals surface area contributed by atoms with Crippen LogP contribution in [0.15, 0.2) is 67.0 Å². The second-order valence-corrected chi connectivity index (χ2v) is 6.43. The molecule has 1 heterocycles. The van der Waals surface area contributed by atoms with E-state index in [1.54, 1.807) is 24.4 Å². The second-order valence-electron chi connectivity index (χ2n) is 5.99. The summed E-state index contributed by atoms with van der Waals surface area (Å²) in [6.45, 7) is 0. The molecule has 5 nitrogen and oxygen atoms in total. The Balaban J connectivity index is 1.70. The van der Waals surface area contributed by atoms with Crippen LogP contribution >= 0.6 is 11.6 Å². The average Bonchev–Trinajstić information content (AvgIpc) is 2.64. The highest BCUT2D eigenvalue weighted by molar-refractivity contribution is 6.30. The number of amides is 1. The Morgan fingerprint density at radius 1 is 0.923 bits per heavy atom. The number of carbonyl (C=O) groups excluding carboxylic acids is 1. The van der Waals surface area contributed by atoms with Gasteiger partial charge in [0.1, 0.15) is 0 Å². The normalized spacial score (nSPS) is 10.3. The van der Waals surface area contributed by atoms with Gasteiger partial charge in [-0.05, 0) is 54.6 Å². The first-order chi connectivity index (χ1) is 12.5. The number of nitrogens with one attached hydrogen (secondary N) is 2. The van der Waals surface area contributed by atoms with Crippen LogP contribution < -0.4 is 15.5 Å². The molecular weight excluding hydrogens is 348 g/mol. The van der Waals surface area contributed by atoms with Crippen molar-refractivity contribution in [2.45, 2.75) is 0 Å². The minimum atomic E-state index is -0.213. The molecule has 0 bridgehead atoms. The topological polar surface area (TPSA) is 57.3 Å². The summed E-state index contributed by atoms with van der Waals surface area (Å²) in [5.41, 5.74) is 3.87. The second kappa shape index (κ2) is 7.89. The number of anilines is 4. The fourth-order valence-corrected chi connectivity index (χ4v) is 2.50. The molecule has 0 saturated carbocycles. The summed E-state index contributed by atoms with van der Waals surface area (Å²) in [4.78, 5) is 18.6. The van der Waals surface area contributed by atoms with Crippen molar-refractivity contribution in [3.63, 3.8) is 0 Å². The van der Waals surface area contributed by atoms with Gasteiger partial charge in [-0.2, -0.15) is 0 Å². The lowest BCUT2D eigenvalue weighted by atomic mass is 10.2. The molecule has 2 N–H and O–H groups in total. The van der Waals surface area contributed by atoms with E-state index in [1.165, 1.54) is 6.20 Å². The third-order valence-corrected chi connectivity index (χ3v) is 4.03. The molecule has 0 unspecified atom stereocenters. The average molecular weight is 367 g/mol. The van der Waals surface area contributed by atoms with Gasteiger partial charge in [0, 0.05) is 42.4 Å². The third kappa shape index (κ3) is 4.52. The number of hydrogen-bond donors (Lipinski definition) is 2. The summed E-state index contributed by atoms with van der Waals surface area (Å²) in [7, 11) is 3.94. The lowest BCUT2D eigenvalue weighted by Crippen LogP contribution is -2.13. The molecule has 0 aliphatic heterocycles. The van der Waals surface area contributed by atoms with Crippen molar-refractivity contribution in [1.29, 1.82) is 0 Å². The van der Waals surface area contributed by atoms with Crippen molar-refractivity contribution in [2.24, 2.45) is 0 Å². The van der Waals surface area contributed by atoms with Crippen LogP contribution in [-0.2, 0) is 0 Å². The molecule has 6 heteroatoms. The van der Waals surface area contributed by atoms with Crippen molar-refractivity contribution in [1.82, 2.24) is 4.98 Å². The van der Waals surface area contributed by atoms with Gasteiger partial charge < -0.3 is 15.5 Å². The zero-order valence-corrected chi connectivity index (χ0v) is 15.3. The van der Waals surface area contributed by atoms with E-state index in [-0.39, 0.29) is 5.91 Å². The molecule has 3 aromatic rings. The lowest BCUT2D eigenvalue weighted by Gasteiger charge is -2.13. The Morgan fingerprint density at radius 3 is 2.23 bits per heavy atom. The molecule has 26 heavy (non-hydrogen) atoms. The van der Waals surface area contributed by atoms with E-state index in [4.69, 9.17) is 11.6 Å². The molecule has 1 amide bonds. The SMILES string of the molecule is CN(C)c1ccc(NC(=O)c2cncc(Nc3ccc(Cl)cc3)c2)cc1. The standard InChI is InChI=1S/C20H19ClN4O/c1-25(2)19-9-7-17(8-10-19)24-20(26)14-11-18(13-22-12-14)23-16-5-3-15(21)4-6-16/h3-13,23H,1-2H3,(H,24,26). The summed E-state index contributed by atoms with van der Waals surface area (Å²) in [6, 6.07) is 16.7. The van der Waals surface area contributed by atoms with Gasteiger partial charge in [-0.15, -0.1) is 0 Å². The fourth-order valence-electron chi connectivity index (χ4n) is 2.38. The Labute approximate surface area is 157 Å². The molecule has 3 rings (SSSR count). The zero-order valence-electron chi connectivity index (χ0n) is 14.5. The third-order valence-electron chi connectivity index (χ3n) is 3.77. The first-order valence-corrected chi connectivity index (χ1v) is 8.45. The van der Waals surface area contributed by atoms with Gasteiger partial charge in [0.05, 0.1) is 17.4 Å². The maximum Gasteiger partial charge on any atom is 0.257 e. The molecule has 2 aromatic carbocycles. The monoisotopic (exact) mass is 366 g/mol. The summed E-state index contributed by atoms with van der Waals surface area (Å²) in [6.07, 6.45) is 3.20. The van der Waals surface area contributed by atoms with Crippen molar-refractivity contribution in [3.05, 3.63) is 77.6 Å². The minimum absolute atomic E-state index is 0.213. The first kappa shape index (κ1) is 17.8. The number of nitrogens with zero attached hydrogens (tertiary/aromatic N) is 2. The largest absolute Gasteiger partial charge is 0.378 e. The van der Waals surface area contributed by atoms with Crippen molar-refractivity contribution in [2.75, 3.05) is 29.6 Å². The minimum Gasteiger partial charge on any atom is -0.378 e. The van der Waals surface area contributed by atoms with Gasteiger partial charge in [-0.25, -0.2) is 0 Å². The maximum absolute atomic E-state index is 12.5. The van der Waals surface area contributed by atoms with Crippen LogP contribution in [-0.4, -0.2) is 25.0 Å². The van der Waals surface area contributed by atoms with E-state index in [0.29, 0.717) is 10.6 Å². The van der Waals surface area contributed by atoms with E-state index in [2.05, 4.69) is 15.6 Å². The molecule has 1 aromatic heterocycles. The number of halogens is 1. The van der Waals surface area contributed by atoms with Crippen LogP contribution in [0.5, 0.6) is 0 Å². The smallest absolute Gasteiger partial charge is 0.257 e. The predicted molar refractivity (Wildman–Crippen MR) is 108 cm³/mol. The van der Waals surface area contributed by atoms with E-state index in [1.807, 2.05) is 55.4 Å². The van der Waals surface area contributed by atoms with Crippen LogP contribution in [0, 0.1) is 0 Å². The number of benzene rings is 2. The van der Waals surface area contributed by atoms with E-state index >= 15 is 0 Å². The lowest BCUT2D eigenvalue weighted by molar-refractivity contribution is 0.102. The summed E-state index contributed by atoms with van der Waals surface area (Å²) >= 11 is 5.89. The van der Waals surface area contributed by atoms with E-state index in [0.717, 1.165) is 22.7 Å². The van der Waals surface area contributed by atoms with Crippen LogP contribution in [0.1, 0.15) is 10.4 Å². The van der Waals surface area contributed by atoms with Gasteiger partial charge in [-0.1, -0.05) is 11.6 Å². The van der Waals surface area contributed by atoms with Crippen molar-refractivity contribution in [3.8, 4) is 0 Å². The van der Waals surface area contributed by atoms with Crippen LogP contribution in [0.3, 0.4) is 0 Å². The molecular formula is C20H19ClN4O. The molecule has 0 atom stereocenters. The summed E-state index contributed by atoms with van der Waals surface area (Å²) in [5, 5.41) is 6.75. The van der Waals surface area contributed by atoms with Crippen molar-refractivity contribution >= 4 is 40.3 Å². The molecule has 0 radical (unpaired) electrons. The predicted octanol–water partition coefficient (Wildman–Crippen LogP) is 4.80. The van der Waals surface area contributed by atoms with Crippen LogP contribution in [0.4, 0.5) is 22.7 Å². The number of hydrogen-bond acceptors (Lipinski definition) is 4. The molecule has 0 fully saturated rings. The van der Waals surface area contributed by atoms with Gasteiger partial charge in [0.2, 0.25) is 0 Å². The Bertz CT molecular complexity index is 892. The Hall–Kier alpha value is -3.05. The van der Waals surface area contributed by atoms with Crippen molar-refractivity contribution < 1.29 is 4.79 Å². The van der Waals surface area contributed by atoms with Gasteiger partial charge in [0.25, 0.3) is 5.91 Å². The number of carbonyl (C=O) groups is 1. The molecule has 0 spiro atoms. The number of pyridine rings is 1. The first-order valence-electron chi connectivity index (χ1n) is 8.07.